The topological polar surface area (TPSA) is 102 Å². The van der Waals surface area contributed by atoms with Crippen LogP contribution in [-0.4, -0.2) is 58.5 Å². The average Bonchev–Trinajstić information content (AvgIpc) is 3.24. The number of pyridine rings is 1. The van der Waals surface area contributed by atoms with Crippen LogP contribution in [0.5, 0.6) is 0 Å². The fourth-order valence-electron chi connectivity index (χ4n) is 4.64. The maximum absolute atomic E-state index is 13.3. The second-order valence-corrected chi connectivity index (χ2v) is 11.4. The van der Waals surface area contributed by atoms with Gasteiger partial charge in [-0.3, -0.25) is 0 Å². The number of fused-ring (bicyclic) bond motifs is 1. The summed E-state index contributed by atoms with van der Waals surface area (Å²) in [6, 6.07) is 8.94. The largest absolute Gasteiger partial charge is 0.379 e. The molecule has 11 heteroatoms. The van der Waals surface area contributed by atoms with Crippen molar-refractivity contribution in [2.24, 2.45) is 0 Å². The van der Waals surface area contributed by atoms with Crippen molar-refractivity contribution in [2.45, 2.75) is 38.6 Å². The lowest BCUT2D eigenvalue weighted by Crippen LogP contribution is -2.40. The highest BCUT2D eigenvalue weighted by atomic mass is 35.5. The van der Waals surface area contributed by atoms with Crippen LogP contribution in [-0.2, 0) is 21.3 Å². The third-order valence-corrected chi connectivity index (χ3v) is 8.64. The molecule has 4 aromatic rings. The predicted molar refractivity (Wildman–Crippen MR) is 145 cm³/mol. The van der Waals surface area contributed by atoms with Crippen LogP contribution >= 0.6 is 11.6 Å². The molecule has 0 radical (unpaired) electrons. The molecule has 0 unspecified atom stereocenters. The van der Waals surface area contributed by atoms with Crippen molar-refractivity contribution in [2.75, 3.05) is 31.6 Å². The van der Waals surface area contributed by atoms with E-state index in [1.165, 1.54) is 4.31 Å². The van der Waals surface area contributed by atoms with Gasteiger partial charge >= 0.3 is 0 Å². The number of benzene rings is 1. The van der Waals surface area contributed by atoms with Gasteiger partial charge in [0.2, 0.25) is 16.0 Å². The number of anilines is 2. The van der Waals surface area contributed by atoms with E-state index in [-0.39, 0.29) is 4.90 Å². The van der Waals surface area contributed by atoms with Crippen LogP contribution < -0.4 is 5.32 Å². The minimum atomic E-state index is -3.64. The Labute approximate surface area is 221 Å². The van der Waals surface area contributed by atoms with Gasteiger partial charge in [0.05, 0.1) is 34.8 Å². The molecule has 0 saturated carbocycles. The van der Waals surface area contributed by atoms with Gasteiger partial charge in [0, 0.05) is 43.3 Å². The lowest BCUT2D eigenvalue weighted by atomic mass is 10.1. The Morgan fingerprint density at radius 1 is 1.08 bits per heavy atom. The van der Waals surface area contributed by atoms with E-state index >= 15 is 0 Å². The molecule has 3 aromatic heterocycles. The number of ether oxygens (including phenoxy) is 1. The Balaban J connectivity index is 1.49. The molecule has 194 valence electrons. The maximum Gasteiger partial charge on any atom is 0.243 e. The smallest absolute Gasteiger partial charge is 0.243 e. The van der Waals surface area contributed by atoms with Crippen molar-refractivity contribution < 1.29 is 13.2 Å². The molecule has 0 bridgehead atoms. The summed E-state index contributed by atoms with van der Waals surface area (Å²) in [7, 11) is -3.64. The second-order valence-electron chi connectivity index (χ2n) is 9.08. The van der Waals surface area contributed by atoms with Crippen molar-refractivity contribution in [1.29, 1.82) is 0 Å². The van der Waals surface area contributed by atoms with Crippen LogP contribution in [0.25, 0.3) is 22.3 Å². The van der Waals surface area contributed by atoms with Crippen molar-refractivity contribution >= 4 is 44.3 Å². The van der Waals surface area contributed by atoms with Gasteiger partial charge in [-0.05, 0) is 55.7 Å². The first-order valence-electron chi connectivity index (χ1n) is 12.2. The monoisotopic (exact) mass is 540 g/mol. The Kier molecular flexibility index (Phi) is 7.17. The molecule has 4 heterocycles. The summed E-state index contributed by atoms with van der Waals surface area (Å²) >= 11 is 6.30. The fourth-order valence-corrected chi connectivity index (χ4v) is 6.55. The molecule has 5 rings (SSSR count). The molecule has 1 fully saturated rings. The molecule has 37 heavy (non-hydrogen) atoms. The first-order valence-corrected chi connectivity index (χ1v) is 14.0. The van der Waals surface area contributed by atoms with E-state index in [0.29, 0.717) is 54.3 Å². The number of hydrogen-bond acceptors (Lipinski definition) is 7. The molecular weight excluding hydrogens is 512 g/mol. The number of aromatic nitrogens is 4. The van der Waals surface area contributed by atoms with Crippen molar-refractivity contribution in [3.05, 3.63) is 59.0 Å². The second kappa shape index (κ2) is 10.4. The summed E-state index contributed by atoms with van der Waals surface area (Å²) < 4.78 is 35.5. The number of hydrogen-bond donors (Lipinski definition) is 1. The molecule has 1 saturated heterocycles. The van der Waals surface area contributed by atoms with E-state index in [1.54, 1.807) is 25.3 Å². The molecule has 1 aromatic carbocycles. The van der Waals surface area contributed by atoms with Gasteiger partial charge in [-0.25, -0.2) is 23.4 Å². The summed E-state index contributed by atoms with van der Waals surface area (Å²) in [4.78, 5) is 14.0. The molecule has 1 aliphatic rings. The predicted octanol–water partition coefficient (Wildman–Crippen LogP) is 4.94. The zero-order valence-corrected chi connectivity index (χ0v) is 22.6. The standard InChI is InChI=1S/C26H29ClN6O3S/c1-4-9-32-16-20(24-25(32)18(3)14-23(27)31-24)21-7-8-28-26(30-21)29-19-6-5-17(2)22(15-19)37(34,35)33-10-12-36-13-11-33/h5-8,14-16H,4,9-13H2,1-3H3,(H,28,29,30). The third-order valence-electron chi connectivity index (χ3n) is 6.41. The van der Waals surface area contributed by atoms with Crippen LogP contribution in [0.15, 0.2) is 47.6 Å². The number of sulfonamides is 1. The van der Waals surface area contributed by atoms with E-state index in [0.717, 1.165) is 35.1 Å². The van der Waals surface area contributed by atoms with E-state index < -0.39 is 10.0 Å². The molecular formula is C26H29ClN6O3S. The van der Waals surface area contributed by atoms with Crippen LogP contribution in [0, 0.1) is 13.8 Å². The van der Waals surface area contributed by atoms with Gasteiger partial charge in [-0.15, -0.1) is 0 Å². The van der Waals surface area contributed by atoms with Crippen LogP contribution in [0.1, 0.15) is 24.5 Å². The molecule has 0 aliphatic carbocycles. The van der Waals surface area contributed by atoms with Crippen molar-refractivity contribution in [3.63, 3.8) is 0 Å². The minimum Gasteiger partial charge on any atom is -0.379 e. The van der Waals surface area contributed by atoms with E-state index in [1.807, 2.05) is 25.1 Å². The molecule has 0 atom stereocenters. The highest BCUT2D eigenvalue weighted by molar-refractivity contribution is 7.89. The zero-order chi connectivity index (χ0) is 26.2. The van der Waals surface area contributed by atoms with Crippen LogP contribution in [0.2, 0.25) is 5.15 Å². The Hall–Kier alpha value is -3.05. The van der Waals surface area contributed by atoms with Crippen LogP contribution in [0.4, 0.5) is 11.6 Å². The first-order chi connectivity index (χ1) is 17.8. The van der Waals surface area contributed by atoms with E-state index in [2.05, 4.69) is 33.0 Å². The van der Waals surface area contributed by atoms with Gasteiger partial charge in [0.15, 0.2) is 0 Å². The van der Waals surface area contributed by atoms with Gasteiger partial charge < -0.3 is 14.6 Å². The number of rotatable bonds is 7. The number of nitrogens with one attached hydrogen (secondary N) is 1. The fraction of sp³-hybridized carbons (Fsp3) is 0.346. The zero-order valence-electron chi connectivity index (χ0n) is 21.0. The summed E-state index contributed by atoms with van der Waals surface area (Å²) in [5.41, 5.74) is 5.69. The normalized spacial score (nSPS) is 14.8. The minimum absolute atomic E-state index is 0.257. The number of nitrogens with zero attached hydrogens (tertiary/aromatic N) is 5. The molecule has 0 amide bonds. The highest BCUT2D eigenvalue weighted by Gasteiger charge is 2.28. The Morgan fingerprint density at radius 3 is 2.62 bits per heavy atom. The Bertz CT molecular complexity index is 1560. The number of aryl methyl sites for hydroxylation is 3. The SMILES string of the molecule is CCCn1cc(-c2ccnc(Nc3ccc(C)c(S(=O)(=O)N4CCOCC4)c3)n2)c2nc(Cl)cc(C)c21. The highest BCUT2D eigenvalue weighted by Crippen LogP contribution is 2.32. The number of halogens is 1. The van der Waals surface area contributed by atoms with Gasteiger partial charge in [-0.2, -0.15) is 4.31 Å². The summed E-state index contributed by atoms with van der Waals surface area (Å²) in [6.07, 6.45) is 4.70. The van der Waals surface area contributed by atoms with Gasteiger partial charge in [0.1, 0.15) is 5.15 Å². The van der Waals surface area contributed by atoms with Gasteiger partial charge in [-0.1, -0.05) is 24.6 Å². The van der Waals surface area contributed by atoms with Gasteiger partial charge in [0.25, 0.3) is 0 Å². The van der Waals surface area contributed by atoms with Crippen molar-refractivity contribution in [3.8, 4) is 11.3 Å². The van der Waals surface area contributed by atoms with E-state index in [9.17, 15) is 8.42 Å². The molecule has 0 spiro atoms. The van der Waals surface area contributed by atoms with Crippen molar-refractivity contribution in [1.82, 2.24) is 23.8 Å². The lowest BCUT2D eigenvalue weighted by molar-refractivity contribution is 0.0730. The quantitative estimate of drug-likeness (QED) is 0.331. The first kappa shape index (κ1) is 25.6. The summed E-state index contributed by atoms with van der Waals surface area (Å²) in [5, 5.41) is 3.61. The Morgan fingerprint density at radius 2 is 1.86 bits per heavy atom. The lowest BCUT2D eigenvalue weighted by Gasteiger charge is -2.26. The summed E-state index contributed by atoms with van der Waals surface area (Å²) in [5.74, 6) is 0.353. The molecule has 1 aliphatic heterocycles. The molecule has 9 nitrogen and oxygen atoms in total. The molecule has 1 N–H and O–H groups in total. The number of morpholine rings is 1. The maximum atomic E-state index is 13.3. The summed E-state index contributed by atoms with van der Waals surface area (Å²) in [6.45, 7) is 8.27. The average molecular weight is 541 g/mol. The van der Waals surface area contributed by atoms with Crippen LogP contribution in [0.3, 0.4) is 0 Å². The third kappa shape index (κ3) is 5.06. The van der Waals surface area contributed by atoms with E-state index in [4.69, 9.17) is 21.3 Å².